The van der Waals surface area contributed by atoms with Gasteiger partial charge in [0.1, 0.15) is 17.2 Å². The van der Waals surface area contributed by atoms with Crippen LogP contribution in [0, 0.1) is 6.92 Å². The van der Waals surface area contributed by atoms with Crippen LogP contribution in [0.3, 0.4) is 0 Å². The van der Waals surface area contributed by atoms with E-state index in [4.69, 9.17) is 4.42 Å². The summed E-state index contributed by atoms with van der Waals surface area (Å²) in [5.41, 5.74) is 1.07. The molecule has 0 amide bonds. The lowest BCUT2D eigenvalue weighted by atomic mass is 10.2. The highest BCUT2D eigenvalue weighted by Gasteiger charge is 2.13. The lowest BCUT2D eigenvalue weighted by molar-refractivity contribution is 0.429. The summed E-state index contributed by atoms with van der Waals surface area (Å²) in [6.07, 6.45) is 2.39. The van der Waals surface area contributed by atoms with Gasteiger partial charge in [-0.15, -0.1) is 10.2 Å². The lowest BCUT2D eigenvalue weighted by Crippen LogP contribution is -2.05. The van der Waals surface area contributed by atoms with E-state index >= 15 is 0 Å². The standard InChI is InChI=1S/C11H15N5OS/c1-4-8-9(12-5-2)13-6-14-10(8)18-11-16-15-7(3)17-11/h6H,4-5H2,1-3H3,(H,12,13,14). The number of aryl methyl sites for hydroxylation is 1. The van der Waals surface area contributed by atoms with Crippen LogP contribution in [-0.2, 0) is 6.42 Å². The van der Waals surface area contributed by atoms with Crippen molar-refractivity contribution < 1.29 is 4.42 Å². The van der Waals surface area contributed by atoms with Crippen molar-refractivity contribution in [3.05, 3.63) is 17.8 Å². The average Bonchev–Trinajstić information content (AvgIpc) is 2.76. The molecule has 96 valence electrons. The van der Waals surface area contributed by atoms with Crippen molar-refractivity contribution >= 4 is 17.6 Å². The maximum Gasteiger partial charge on any atom is 0.282 e. The number of hydrogen-bond acceptors (Lipinski definition) is 7. The molecule has 0 aliphatic carbocycles. The number of nitrogens with one attached hydrogen (secondary N) is 1. The fourth-order valence-electron chi connectivity index (χ4n) is 1.52. The van der Waals surface area contributed by atoms with Crippen LogP contribution in [0.5, 0.6) is 0 Å². The van der Waals surface area contributed by atoms with Crippen LogP contribution in [0.15, 0.2) is 21.0 Å². The van der Waals surface area contributed by atoms with Gasteiger partial charge in [0.25, 0.3) is 5.22 Å². The molecule has 7 heteroatoms. The molecule has 0 bridgehead atoms. The molecule has 2 rings (SSSR count). The van der Waals surface area contributed by atoms with Gasteiger partial charge in [-0.25, -0.2) is 9.97 Å². The average molecular weight is 265 g/mol. The minimum absolute atomic E-state index is 0.503. The summed E-state index contributed by atoms with van der Waals surface area (Å²) in [6, 6.07) is 0. The van der Waals surface area contributed by atoms with Crippen LogP contribution in [0.2, 0.25) is 0 Å². The first-order valence-corrected chi connectivity index (χ1v) is 6.62. The highest BCUT2D eigenvalue weighted by molar-refractivity contribution is 7.99. The largest absolute Gasteiger partial charge is 0.416 e. The fourth-order valence-corrected chi connectivity index (χ4v) is 2.40. The first kappa shape index (κ1) is 12.8. The van der Waals surface area contributed by atoms with Gasteiger partial charge in [-0.3, -0.25) is 0 Å². The molecule has 2 heterocycles. The van der Waals surface area contributed by atoms with Gasteiger partial charge in [-0.1, -0.05) is 6.92 Å². The second-order valence-electron chi connectivity index (χ2n) is 3.58. The van der Waals surface area contributed by atoms with Crippen LogP contribution in [0.25, 0.3) is 0 Å². The van der Waals surface area contributed by atoms with E-state index in [0.29, 0.717) is 11.1 Å². The summed E-state index contributed by atoms with van der Waals surface area (Å²) in [5.74, 6) is 1.42. The predicted molar refractivity (Wildman–Crippen MR) is 68.7 cm³/mol. The molecule has 0 aliphatic rings. The topological polar surface area (TPSA) is 76.7 Å². The molecule has 18 heavy (non-hydrogen) atoms. The SMILES string of the molecule is CCNc1ncnc(Sc2nnc(C)o2)c1CC. The molecule has 0 saturated carbocycles. The predicted octanol–water partition coefficient (Wildman–Crippen LogP) is 2.31. The van der Waals surface area contributed by atoms with Crippen LogP contribution in [0.1, 0.15) is 25.3 Å². The molecule has 1 N–H and O–H groups in total. The van der Waals surface area contributed by atoms with Crippen molar-refractivity contribution in [2.24, 2.45) is 0 Å². The minimum atomic E-state index is 0.503. The molecule has 0 atom stereocenters. The van der Waals surface area contributed by atoms with Crippen molar-refractivity contribution in [1.82, 2.24) is 20.2 Å². The first-order valence-electron chi connectivity index (χ1n) is 5.80. The Morgan fingerprint density at radius 1 is 1.28 bits per heavy atom. The lowest BCUT2D eigenvalue weighted by Gasteiger charge is -2.10. The summed E-state index contributed by atoms with van der Waals surface area (Å²) in [4.78, 5) is 8.53. The molecule has 0 aromatic carbocycles. The van der Waals surface area contributed by atoms with Gasteiger partial charge in [-0.2, -0.15) is 0 Å². The van der Waals surface area contributed by atoms with Gasteiger partial charge in [0, 0.05) is 19.0 Å². The second kappa shape index (κ2) is 5.81. The zero-order chi connectivity index (χ0) is 13.0. The van der Waals surface area contributed by atoms with Crippen LogP contribution in [-0.4, -0.2) is 26.7 Å². The van der Waals surface area contributed by atoms with E-state index in [0.717, 1.165) is 29.4 Å². The maximum atomic E-state index is 5.35. The second-order valence-corrected chi connectivity index (χ2v) is 4.52. The number of anilines is 1. The van der Waals surface area contributed by atoms with E-state index in [1.54, 1.807) is 13.3 Å². The first-order chi connectivity index (χ1) is 8.74. The van der Waals surface area contributed by atoms with Crippen molar-refractivity contribution in [2.75, 3.05) is 11.9 Å². The third-order valence-electron chi connectivity index (χ3n) is 2.30. The van der Waals surface area contributed by atoms with Crippen molar-refractivity contribution in [3.63, 3.8) is 0 Å². The summed E-state index contributed by atoms with van der Waals surface area (Å²) < 4.78 is 5.35. The number of aromatic nitrogens is 4. The Hall–Kier alpha value is -1.63. The Morgan fingerprint density at radius 2 is 2.11 bits per heavy atom. The molecular weight excluding hydrogens is 250 g/mol. The number of rotatable bonds is 5. The molecule has 0 radical (unpaired) electrons. The van der Waals surface area contributed by atoms with Gasteiger partial charge in [0.15, 0.2) is 0 Å². The summed E-state index contributed by atoms with van der Waals surface area (Å²) >= 11 is 1.37. The molecule has 0 unspecified atom stereocenters. The molecular formula is C11H15N5OS. The van der Waals surface area contributed by atoms with Gasteiger partial charge in [-0.05, 0) is 25.1 Å². The molecule has 2 aromatic heterocycles. The van der Waals surface area contributed by atoms with Crippen molar-refractivity contribution in [1.29, 1.82) is 0 Å². The normalized spacial score (nSPS) is 10.6. The third-order valence-corrected chi connectivity index (χ3v) is 3.18. The quantitative estimate of drug-likeness (QED) is 0.831. The Labute approximate surface area is 110 Å². The van der Waals surface area contributed by atoms with E-state index < -0.39 is 0 Å². The molecule has 0 spiro atoms. The highest BCUT2D eigenvalue weighted by atomic mass is 32.2. The Morgan fingerprint density at radius 3 is 2.72 bits per heavy atom. The Bertz CT molecular complexity index is 528. The van der Waals surface area contributed by atoms with Crippen molar-refractivity contribution in [2.45, 2.75) is 37.4 Å². The highest BCUT2D eigenvalue weighted by Crippen LogP contribution is 2.30. The van der Waals surface area contributed by atoms with E-state index in [2.05, 4.69) is 32.4 Å². The summed E-state index contributed by atoms with van der Waals surface area (Å²) in [5, 5.41) is 12.3. The molecule has 2 aromatic rings. The zero-order valence-corrected chi connectivity index (χ0v) is 11.4. The van der Waals surface area contributed by atoms with E-state index in [-0.39, 0.29) is 0 Å². The maximum absolute atomic E-state index is 5.35. The molecule has 0 aliphatic heterocycles. The third kappa shape index (κ3) is 2.79. The van der Waals surface area contributed by atoms with Crippen LogP contribution < -0.4 is 5.32 Å². The summed E-state index contributed by atoms with van der Waals surface area (Å²) in [7, 11) is 0. The van der Waals surface area contributed by atoms with Crippen LogP contribution in [0.4, 0.5) is 5.82 Å². The summed E-state index contributed by atoms with van der Waals surface area (Å²) in [6.45, 7) is 6.70. The number of hydrogen-bond donors (Lipinski definition) is 1. The van der Waals surface area contributed by atoms with E-state index in [1.165, 1.54) is 11.8 Å². The van der Waals surface area contributed by atoms with Gasteiger partial charge >= 0.3 is 0 Å². The molecule has 6 nitrogen and oxygen atoms in total. The minimum Gasteiger partial charge on any atom is -0.416 e. The smallest absolute Gasteiger partial charge is 0.282 e. The van der Waals surface area contributed by atoms with Crippen molar-refractivity contribution in [3.8, 4) is 0 Å². The molecule has 0 fully saturated rings. The Kier molecular flexibility index (Phi) is 4.14. The van der Waals surface area contributed by atoms with E-state index in [9.17, 15) is 0 Å². The fraction of sp³-hybridized carbons (Fsp3) is 0.455. The van der Waals surface area contributed by atoms with Gasteiger partial charge in [0.2, 0.25) is 5.89 Å². The van der Waals surface area contributed by atoms with Gasteiger partial charge in [0.05, 0.1) is 0 Å². The van der Waals surface area contributed by atoms with Gasteiger partial charge < -0.3 is 9.73 Å². The number of nitrogens with zero attached hydrogens (tertiary/aromatic N) is 4. The zero-order valence-electron chi connectivity index (χ0n) is 10.6. The monoisotopic (exact) mass is 265 g/mol. The van der Waals surface area contributed by atoms with E-state index in [1.807, 2.05) is 6.92 Å². The molecule has 0 saturated heterocycles. The van der Waals surface area contributed by atoms with Crippen LogP contribution >= 0.6 is 11.8 Å². The Balaban J connectivity index is 2.29.